The number of amides is 2. The van der Waals surface area contributed by atoms with E-state index in [1.807, 2.05) is 49.4 Å². The van der Waals surface area contributed by atoms with Crippen molar-refractivity contribution in [2.45, 2.75) is 32.4 Å². The van der Waals surface area contributed by atoms with E-state index in [1.165, 1.54) is 24.1 Å². The number of carbonyl (C=O) groups is 2. The highest BCUT2D eigenvalue weighted by Crippen LogP contribution is 2.24. The summed E-state index contributed by atoms with van der Waals surface area (Å²) < 4.78 is 40.3. The molecule has 2 amide bonds. The number of halogens is 1. The average Bonchev–Trinajstić information content (AvgIpc) is 2.89. The van der Waals surface area contributed by atoms with E-state index in [1.54, 1.807) is 24.3 Å². The molecule has 1 N–H and O–H groups in total. The molecule has 0 aliphatic rings. The van der Waals surface area contributed by atoms with Crippen LogP contribution in [0.1, 0.15) is 23.6 Å². The van der Waals surface area contributed by atoms with E-state index in [4.69, 9.17) is 0 Å². The van der Waals surface area contributed by atoms with Gasteiger partial charge in [-0.05, 0) is 41.3 Å². The van der Waals surface area contributed by atoms with Crippen molar-refractivity contribution in [3.05, 3.63) is 101 Å². The molecule has 196 valence electrons. The highest BCUT2D eigenvalue weighted by atomic mass is 32.2. The molecule has 7 nitrogen and oxygen atoms in total. The Bertz CT molecular complexity index is 1310. The second kappa shape index (κ2) is 12.5. The monoisotopic (exact) mass is 525 g/mol. The molecule has 3 aromatic rings. The minimum Gasteiger partial charge on any atom is -0.357 e. The Morgan fingerprint density at radius 3 is 2.14 bits per heavy atom. The molecule has 0 bridgehead atoms. The Kier molecular flexibility index (Phi) is 9.41. The molecule has 3 aromatic carbocycles. The van der Waals surface area contributed by atoms with Gasteiger partial charge in [0.1, 0.15) is 18.4 Å². The van der Waals surface area contributed by atoms with Gasteiger partial charge in [-0.1, -0.05) is 67.6 Å². The Hall–Kier alpha value is -3.72. The summed E-state index contributed by atoms with van der Waals surface area (Å²) in [6, 6.07) is 21.0. The van der Waals surface area contributed by atoms with Crippen molar-refractivity contribution >= 4 is 27.5 Å². The topological polar surface area (TPSA) is 86.8 Å². The van der Waals surface area contributed by atoms with E-state index in [-0.39, 0.29) is 18.9 Å². The summed E-state index contributed by atoms with van der Waals surface area (Å²) in [7, 11) is -2.35. The molecule has 9 heteroatoms. The molecule has 0 radical (unpaired) electrons. The van der Waals surface area contributed by atoms with Gasteiger partial charge in [-0.25, -0.2) is 12.8 Å². The maximum atomic E-state index is 13.9. The van der Waals surface area contributed by atoms with E-state index >= 15 is 0 Å². The number of nitrogens with one attached hydrogen (secondary N) is 1. The van der Waals surface area contributed by atoms with Crippen molar-refractivity contribution in [3.8, 4) is 0 Å². The molecular formula is C28H32FN3O4S. The van der Waals surface area contributed by atoms with E-state index in [0.29, 0.717) is 17.7 Å². The van der Waals surface area contributed by atoms with Crippen molar-refractivity contribution in [2.75, 3.05) is 24.2 Å². The number of rotatable bonds is 11. The number of carbonyl (C=O) groups excluding carboxylic acids is 2. The molecular weight excluding hydrogens is 493 g/mol. The van der Waals surface area contributed by atoms with E-state index in [0.717, 1.165) is 21.7 Å². The molecule has 0 aliphatic heterocycles. The first-order chi connectivity index (χ1) is 17.6. The van der Waals surface area contributed by atoms with Crippen molar-refractivity contribution < 1.29 is 22.4 Å². The number of likely N-dealkylation sites (N-methyl/N-ethyl adjacent to an activating group) is 1. The Morgan fingerprint density at radius 1 is 0.919 bits per heavy atom. The van der Waals surface area contributed by atoms with Crippen LogP contribution in [0.5, 0.6) is 0 Å². The van der Waals surface area contributed by atoms with Gasteiger partial charge in [0.15, 0.2) is 0 Å². The van der Waals surface area contributed by atoms with Crippen LogP contribution < -0.4 is 9.62 Å². The molecule has 0 saturated carbocycles. The van der Waals surface area contributed by atoms with E-state index in [9.17, 15) is 22.4 Å². The first-order valence-corrected chi connectivity index (χ1v) is 13.8. The lowest BCUT2D eigenvalue weighted by Gasteiger charge is -2.33. The van der Waals surface area contributed by atoms with E-state index in [2.05, 4.69) is 5.32 Å². The molecule has 1 atom stereocenters. The minimum absolute atomic E-state index is 0.00292. The fraction of sp³-hybridized carbons (Fsp3) is 0.286. The van der Waals surface area contributed by atoms with Crippen LogP contribution in [-0.2, 0) is 39.0 Å². The largest absolute Gasteiger partial charge is 0.357 e. The summed E-state index contributed by atoms with van der Waals surface area (Å²) >= 11 is 0. The molecule has 0 heterocycles. The predicted octanol–water partition coefficient (Wildman–Crippen LogP) is 3.54. The van der Waals surface area contributed by atoms with E-state index < -0.39 is 34.3 Å². The van der Waals surface area contributed by atoms with Gasteiger partial charge < -0.3 is 10.2 Å². The SMILES string of the molecule is CCc1ccccc1N(CC(=O)N(Cc1ccc(F)cc1)[C@H](Cc1ccccc1)C(=O)NC)S(C)(=O)=O. The first kappa shape index (κ1) is 27.9. The fourth-order valence-electron chi connectivity index (χ4n) is 4.15. The third-order valence-corrected chi connectivity index (χ3v) is 7.23. The van der Waals surface area contributed by atoms with Crippen LogP contribution in [0.4, 0.5) is 10.1 Å². The molecule has 0 spiro atoms. The molecule has 0 aliphatic carbocycles. The van der Waals surface area contributed by atoms with Crippen LogP contribution in [0.15, 0.2) is 78.9 Å². The Balaban J connectivity index is 2.04. The maximum absolute atomic E-state index is 13.9. The molecule has 0 aromatic heterocycles. The van der Waals surface area contributed by atoms with Crippen LogP contribution in [-0.4, -0.2) is 51.0 Å². The van der Waals surface area contributed by atoms with Crippen molar-refractivity contribution in [3.63, 3.8) is 0 Å². The summed E-state index contributed by atoms with van der Waals surface area (Å²) in [5, 5.41) is 2.62. The number of aryl methyl sites for hydroxylation is 1. The second-order valence-corrected chi connectivity index (χ2v) is 10.6. The average molecular weight is 526 g/mol. The Morgan fingerprint density at radius 2 is 1.54 bits per heavy atom. The number of anilines is 1. The lowest BCUT2D eigenvalue weighted by atomic mass is 10.0. The number of sulfonamides is 1. The normalized spacial score (nSPS) is 12.0. The second-order valence-electron chi connectivity index (χ2n) is 8.72. The number of hydrogen-bond donors (Lipinski definition) is 1. The molecule has 3 rings (SSSR count). The van der Waals surface area contributed by atoms with Crippen LogP contribution in [0.2, 0.25) is 0 Å². The molecule has 0 saturated heterocycles. The van der Waals surface area contributed by atoms with Gasteiger partial charge in [0.25, 0.3) is 0 Å². The summed E-state index contributed by atoms with van der Waals surface area (Å²) in [6.45, 7) is 1.42. The standard InChI is InChI=1S/C28H32FN3O4S/c1-4-23-12-8-9-13-25(23)32(37(3,35)36)20-27(33)31(19-22-14-16-24(29)17-15-22)26(28(34)30-2)18-21-10-6-5-7-11-21/h5-17,26H,4,18-20H2,1-3H3,(H,30,34)/t26-/m1/s1. The predicted molar refractivity (Wildman–Crippen MR) is 143 cm³/mol. The minimum atomic E-state index is -3.83. The number of hydrogen-bond acceptors (Lipinski definition) is 4. The third kappa shape index (κ3) is 7.39. The highest BCUT2D eigenvalue weighted by Gasteiger charge is 2.33. The lowest BCUT2D eigenvalue weighted by molar-refractivity contribution is -0.139. The van der Waals surface area contributed by atoms with Gasteiger partial charge in [0, 0.05) is 20.0 Å². The third-order valence-electron chi connectivity index (χ3n) is 6.10. The van der Waals surface area contributed by atoms with Gasteiger partial charge in [0.05, 0.1) is 11.9 Å². The van der Waals surface area contributed by atoms with Gasteiger partial charge in [-0.2, -0.15) is 0 Å². The fourth-order valence-corrected chi connectivity index (χ4v) is 5.04. The Labute approximate surface area is 218 Å². The summed E-state index contributed by atoms with van der Waals surface area (Å²) in [6.07, 6.45) is 1.85. The quantitative estimate of drug-likeness (QED) is 0.415. The number of nitrogens with zero attached hydrogens (tertiary/aromatic N) is 2. The zero-order valence-electron chi connectivity index (χ0n) is 21.2. The number of benzene rings is 3. The van der Waals surface area contributed by atoms with Crippen LogP contribution in [0.3, 0.4) is 0 Å². The summed E-state index contributed by atoms with van der Waals surface area (Å²) in [5.41, 5.74) is 2.64. The van der Waals surface area contributed by atoms with Crippen LogP contribution >= 0.6 is 0 Å². The van der Waals surface area contributed by atoms with Crippen LogP contribution in [0.25, 0.3) is 0 Å². The van der Waals surface area contributed by atoms with Gasteiger partial charge in [0.2, 0.25) is 21.8 Å². The van der Waals surface area contributed by atoms with Crippen molar-refractivity contribution in [2.24, 2.45) is 0 Å². The van der Waals surface area contributed by atoms with Gasteiger partial charge >= 0.3 is 0 Å². The first-order valence-electron chi connectivity index (χ1n) is 12.0. The highest BCUT2D eigenvalue weighted by molar-refractivity contribution is 7.92. The van der Waals surface area contributed by atoms with Crippen LogP contribution in [0, 0.1) is 5.82 Å². The zero-order chi connectivity index (χ0) is 27.0. The van der Waals surface area contributed by atoms with Crippen molar-refractivity contribution in [1.82, 2.24) is 10.2 Å². The molecule has 0 unspecified atom stereocenters. The maximum Gasteiger partial charge on any atom is 0.244 e. The molecule has 0 fully saturated rings. The summed E-state index contributed by atoms with van der Waals surface area (Å²) in [5.74, 6) is -1.36. The molecule has 37 heavy (non-hydrogen) atoms. The lowest BCUT2D eigenvalue weighted by Crippen LogP contribution is -2.53. The summed E-state index contributed by atoms with van der Waals surface area (Å²) in [4.78, 5) is 28.3. The van der Waals surface area contributed by atoms with Gasteiger partial charge in [-0.3, -0.25) is 13.9 Å². The zero-order valence-corrected chi connectivity index (χ0v) is 22.0. The van der Waals surface area contributed by atoms with Crippen molar-refractivity contribution in [1.29, 1.82) is 0 Å². The number of para-hydroxylation sites is 1. The smallest absolute Gasteiger partial charge is 0.244 e. The van der Waals surface area contributed by atoms with Gasteiger partial charge in [-0.15, -0.1) is 0 Å².